The lowest BCUT2D eigenvalue weighted by molar-refractivity contribution is 0.0708. The van der Waals surface area contributed by atoms with Crippen molar-refractivity contribution >= 4 is 48.9 Å². The van der Waals surface area contributed by atoms with Crippen molar-refractivity contribution in [1.82, 2.24) is 9.88 Å². The SMILES string of the molecule is COCc1c(C(=O)N2CCC[C@@H](c3nc4ccccc4s3)C2)sc2cccc(F)c12. The zero-order valence-electron chi connectivity index (χ0n) is 16.6. The Hall–Kier alpha value is -2.35. The van der Waals surface area contributed by atoms with E-state index in [9.17, 15) is 9.18 Å². The molecule has 7 heteroatoms. The van der Waals surface area contributed by atoms with Gasteiger partial charge in [0.2, 0.25) is 0 Å². The van der Waals surface area contributed by atoms with Gasteiger partial charge in [0.1, 0.15) is 5.82 Å². The van der Waals surface area contributed by atoms with Crippen LogP contribution in [0.4, 0.5) is 4.39 Å². The van der Waals surface area contributed by atoms with E-state index in [1.807, 2.05) is 29.2 Å². The molecule has 4 nitrogen and oxygen atoms in total. The summed E-state index contributed by atoms with van der Waals surface area (Å²) in [6.07, 6.45) is 1.96. The van der Waals surface area contributed by atoms with E-state index in [1.165, 1.54) is 22.1 Å². The smallest absolute Gasteiger partial charge is 0.264 e. The number of halogens is 1. The van der Waals surface area contributed by atoms with E-state index in [1.54, 1.807) is 24.5 Å². The van der Waals surface area contributed by atoms with Gasteiger partial charge in [-0.3, -0.25) is 4.79 Å². The molecule has 2 aromatic heterocycles. The maximum Gasteiger partial charge on any atom is 0.264 e. The normalized spacial score (nSPS) is 17.1. The Morgan fingerprint density at radius 1 is 1.20 bits per heavy atom. The number of methoxy groups -OCH3 is 1. The summed E-state index contributed by atoms with van der Waals surface area (Å²) in [5.74, 6) is -0.105. The number of carbonyl (C=O) groups excluding carboxylic acids is 1. The van der Waals surface area contributed by atoms with Gasteiger partial charge in [0.05, 0.1) is 26.7 Å². The van der Waals surface area contributed by atoms with Gasteiger partial charge >= 0.3 is 0 Å². The van der Waals surface area contributed by atoms with Crippen LogP contribution in [0.15, 0.2) is 42.5 Å². The van der Waals surface area contributed by atoms with Crippen LogP contribution in [0.1, 0.15) is 39.0 Å². The first-order valence-corrected chi connectivity index (χ1v) is 11.6. The number of aromatic nitrogens is 1. The average Bonchev–Trinajstić information content (AvgIpc) is 3.36. The summed E-state index contributed by atoms with van der Waals surface area (Å²) in [6, 6.07) is 13.1. The molecular weight excluding hydrogens is 419 g/mol. The minimum atomic E-state index is -0.305. The van der Waals surface area contributed by atoms with E-state index in [4.69, 9.17) is 9.72 Å². The molecule has 0 saturated carbocycles. The summed E-state index contributed by atoms with van der Waals surface area (Å²) in [5.41, 5.74) is 1.67. The van der Waals surface area contributed by atoms with Gasteiger partial charge in [-0.15, -0.1) is 22.7 Å². The number of likely N-dealkylation sites (tertiary alicyclic amines) is 1. The first-order chi connectivity index (χ1) is 14.7. The zero-order chi connectivity index (χ0) is 20.7. The molecule has 5 rings (SSSR count). The summed E-state index contributed by atoms with van der Waals surface area (Å²) < 4.78 is 21.8. The van der Waals surface area contributed by atoms with Gasteiger partial charge < -0.3 is 9.64 Å². The van der Waals surface area contributed by atoms with E-state index in [2.05, 4.69) is 6.07 Å². The number of hydrogen-bond donors (Lipinski definition) is 0. The Balaban J connectivity index is 1.46. The van der Waals surface area contributed by atoms with Gasteiger partial charge in [-0.25, -0.2) is 9.37 Å². The maximum atomic E-state index is 14.5. The van der Waals surface area contributed by atoms with Crippen LogP contribution in [0.3, 0.4) is 0 Å². The summed E-state index contributed by atoms with van der Waals surface area (Å²) in [6.45, 7) is 1.57. The molecule has 1 fully saturated rings. The number of carbonyl (C=O) groups is 1. The third-order valence-corrected chi connectivity index (χ3v) is 8.00. The number of thiazole rings is 1. The Kier molecular flexibility index (Phi) is 5.26. The molecule has 0 bridgehead atoms. The monoisotopic (exact) mass is 440 g/mol. The number of fused-ring (bicyclic) bond motifs is 2. The van der Waals surface area contributed by atoms with Gasteiger partial charge in [0, 0.05) is 41.8 Å². The lowest BCUT2D eigenvalue weighted by Crippen LogP contribution is -2.39. The number of para-hydroxylation sites is 1. The number of thiophene rings is 1. The molecule has 1 aliphatic heterocycles. The van der Waals surface area contributed by atoms with Crippen molar-refractivity contribution in [1.29, 1.82) is 0 Å². The highest BCUT2D eigenvalue weighted by Gasteiger charge is 2.30. The molecule has 1 atom stereocenters. The predicted octanol–water partition coefficient (Wildman–Crippen LogP) is 5.82. The minimum absolute atomic E-state index is 0.0338. The summed E-state index contributed by atoms with van der Waals surface area (Å²) in [5, 5.41) is 1.60. The molecule has 1 aliphatic rings. The minimum Gasteiger partial charge on any atom is -0.380 e. The Labute approximate surface area is 181 Å². The molecule has 30 heavy (non-hydrogen) atoms. The lowest BCUT2D eigenvalue weighted by atomic mass is 9.98. The lowest BCUT2D eigenvalue weighted by Gasteiger charge is -2.31. The molecule has 0 N–H and O–H groups in total. The fourth-order valence-electron chi connectivity index (χ4n) is 4.19. The highest BCUT2D eigenvalue weighted by Crippen LogP contribution is 2.37. The van der Waals surface area contributed by atoms with Crippen molar-refractivity contribution in [2.75, 3.05) is 20.2 Å². The molecule has 0 unspecified atom stereocenters. The number of rotatable bonds is 4. The van der Waals surface area contributed by atoms with Crippen LogP contribution in [0.2, 0.25) is 0 Å². The molecule has 3 heterocycles. The van der Waals surface area contributed by atoms with E-state index in [0.717, 1.165) is 28.1 Å². The van der Waals surface area contributed by atoms with E-state index in [-0.39, 0.29) is 24.2 Å². The topological polar surface area (TPSA) is 42.4 Å². The fourth-order valence-corrected chi connectivity index (χ4v) is 6.48. The Morgan fingerprint density at radius 3 is 2.87 bits per heavy atom. The first-order valence-electron chi connectivity index (χ1n) is 9.99. The molecular formula is C23H21FN2O2S2. The molecule has 1 saturated heterocycles. The summed E-state index contributed by atoms with van der Waals surface area (Å²) in [7, 11) is 1.57. The number of amides is 1. The van der Waals surface area contributed by atoms with E-state index < -0.39 is 0 Å². The number of nitrogens with zero attached hydrogens (tertiary/aromatic N) is 2. The Bertz CT molecular complexity index is 1200. The standard InChI is InChI=1S/C23H21FN2O2S2/c1-28-13-15-20-16(24)7-4-10-19(20)29-21(15)23(27)26-11-5-6-14(12-26)22-25-17-8-2-3-9-18(17)30-22/h2-4,7-10,14H,5-6,11-13H2,1H3/t14-/m1/s1. The van der Waals surface area contributed by atoms with Crippen molar-refractivity contribution in [3.05, 3.63) is 63.7 Å². The largest absolute Gasteiger partial charge is 0.380 e. The van der Waals surface area contributed by atoms with Crippen molar-refractivity contribution in [3.8, 4) is 0 Å². The second-order valence-corrected chi connectivity index (χ2v) is 9.68. The van der Waals surface area contributed by atoms with Crippen LogP contribution in [-0.4, -0.2) is 36.0 Å². The molecule has 2 aromatic carbocycles. The molecule has 1 amide bonds. The molecule has 0 spiro atoms. The number of hydrogen-bond acceptors (Lipinski definition) is 5. The highest BCUT2D eigenvalue weighted by atomic mass is 32.1. The van der Waals surface area contributed by atoms with Gasteiger partial charge in [-0.2, -0.15) is 0 Å². The van der Waals surface area contributed by atoms with Crippen LogP contribution < -0.4 is 0 Å². The highest BCUT2D eigenvalue weighted by molar-refractivity contribution is 7.21. The second kappa shape index (κ2) is 8.06. The Morgan fingerprint density at radius 2 is 2.03 bits per heavy atom. The quantitative estimate of drug-likeness (QED) is 0.402. The van der Waals surface area contributed by atoms with Crippen LogP contribution in [0.25, 0.3) is 20.3 Å². The molecule has 0 radical (unpaired) electrons. The number of ether oxygens (including phenoxy) is 1. The van der Waals surface area contributed by atoms with Gasteiger partial charge in [-0.1, -0.05) is 18.2 Å². The third kappa shape index (κ3) is 3.41. The fraction of sp³-hybridized carbons (Fsp3) is 0.304. The summed E-state index contributed by atoms with van der Waals surface area (Å²) in [4.78, 5) is 20.8. The summed E-state index contributed by atoms with van der Waals surface area (Å²) >= 11 is 3.07. The number of benzene rings is 2. The maximum absolute atomic E-state index is 14.5. The van der Waals surface area contributed by atoms with E-state index in [0.29, 0.717) is 28.9 Å². The van der Waals surface area contributed by atoms with Crippen molar-refractivity contribution in [3.63, 3.8) is 0 Å². The van der Waals surface area contributed by atoms with Gasteiger partial charge in [0.15, 0.2) is 0 Å². The van der Waals surface area contributed by atoms with Gasteiger partial charge in [-0.05, 0) is 37.1 Å². The van der Waals surface area contributed by atoms with Crippen LogP contribution in [-0.2, 0) is 11.3 Å². The van der Waals surface area contributed by atoms with Gasteiger partial charge in [0.25, 0.3) is 5.91 Å². The van der Waals surface area contributed by atoms with E-state index >= 15 is 0 Å². The molecule has 4 aromatic rings. The van der Waals surface area contributed by atoms with Crippen LogP contribution in [0, 0.1) is 5.82 Å². The molecule has 0 aliphatic carbocycles. The van der Waals surface area contributed by atoms with Crippen molar-refractivity contribution < 1.29 is 13.9 Å². The van der Waals surface area contributed by atoms with Crippen LogP contribution in [0.5, 0.6) is 0 Å². The van der Waals surface area contributed by atoms with Crippen molar-refractivity contribution in [2.45, 2.75) is 25.4 Å². The second-order valence-electron chi connectivity index (χ2n) is 7.57. The predicted molar refractivity (Wildman–Crippen MR) is 120 cm³/mol. The third-order valence-electron chi connectivity index (χ3n) is 5.61. The molecule has 154 valence electrons. The number of piperidine rings is 1. The van der Waals surface area contributed by atoms with Crippen molar-refractivity contribution in [2.24, 2.45) is 0 Å². The average molecular weight is 441 g/mol. The van der Waals surface area contributed by atoms with Crippen LogP contribution >= 0.6 is 22.7 Å². The zero-order valence-corrected chi connectivity index (χ0v) is 18.2. The first kappa shape index (κ1) is 19.6.